The van der Waals surface area contributed by atoms with Gasteiger partial charge in [-0.2, -0.15) is 0 Å². The van der Waals surface area contributed by atoms with Crippen LogP contribution >= 0.6 is 0 Å². The highest BCUT2D eigenvalue weighted by Gasteiger charge is 2.06. The molecule has 0 radical (unpaired) electrons. The predicted octanol–water partition coefficient (Wildman–Crippen LogP) is 2.62. The summed E-state index contributed by atoms with van der Waals surface area (Å²) >= 11 is 0. The van der Waals surface area contributed by atoms with E-state index >= 15 is 0 Å². The van der Waals surface area contributed by atoms with Gasteiger partial charge in [0.25, 0.3) is 0 Å². The van der Waals surface area contributed by atoms with Crippen LogP contribution in [0.25, 0.3) is 0 Å². The van der Waals surface area contributed by atoms with Gasteiger partial charge in [0.1, 0.15) is 12.4 Å². The van der Waals surface area contributed by atoms with Crippen molar-refractivity contribution in [3.05, 3.63) is 65.7 Å². The van der Waals surface area contributed by atoms with Crippen molar-refractivity contribution >= 4 is 5.91 Å². The molecule has 0 aliphatic rings. The molecule has 0 aliphatic carbocycles. The number of aryl methyl sites for hydroxylation is 1. The summed E-state index contributed by atoms with van der Waals surface area (Å²) in [5.74, 6) is 0.879. The number of rotatable bonds is 8. The first-order valence-electron chi connectivity index (χ1n) is 7.82. The van der Waals surface area contributed by atoms with Gasteiger partial charge in [0.2, 0.25) is 5.91 Å². The summed E-state index contributed by atoms with van der Waals surface area (Å²) in [6.45, 7) is 4.24. The number of nitrogens with one attached hydrogen (secondary N) is 1. The molecule has 0 bridgehead atoms. The zero-order valence-corrected chi connectivity index (χ0v) is 13.8. The Morgan fingerprint density at radius 2 is 1.78 bits per heavy atom. The molecule has 0 unspecified atom stereocenters. The summed E-state index contributed by atoms with van der Waals surface area (Å²) in [5, 5.41) is 2.92. The fraction of sp³-hybridized carbons (Fsp3) is 0.316. The van der Waals surface area contributed by atoms with Gasteiger partial charge in [-0.1, -0.05) is 48.0 Å². The summed E-state index contributed by atoms with van der Waals surface area (Å²) in [6, 6.07) is 17.9. The maximum absolute atomic E-state index is 11.9. The average molecular weight is 312 g/mol. The minimum Gasteiger partial charge on any atom is -0.492 e. The molecule has 0 saturated heterocycles. The van der Waals surface area contributed by atoms with E-state index in [-0.39, 0.29) is 5.91 Å². The Balaban J connectivity index is 1.63. The van der Waals surface area contributed by atoms with Gasteiger partial charge in [0, 0.05) is 13.1 Å². The molecule has 4 heteroatoms. The number of amides is 1. The number of likely N-dealkylation sites (N-methyl/N-ethyl adjacent to an activating group) is 1. The van der Waals surface area contributed by atoms with E-state index in [9.17, 15) is 4.79 Å². The number of nitrogens with zero attached hydrogens (tertiary/aromatic N) is 1. The second-order valence-electron chi connectivity index (χ2n) is 5.66. The number of ether oxygens (including phenoxy) is 1. The summed E-state index contributed by atoms with van der Waals surface area (Å²) in [7, 11) is 1.92. The highest BCUT2D eigenvalue weighted by atomic mass is 16.5. The first-order chi connectivity index (χ1) is 11.1. The molecule has 0 aliphatic heterocycles. The fourth-order valence-electron chi connectivity index (χ4n) is 2.13. The molecule has 0 spiro atoms. The first-order valence-corrected chi connectivity index (χ1v) is 7.82. The number of carbonyl (C=O) groups excluding carboxylic acids is 1. The normalized spacial score (nSPS) is 10.6. The van der Waals surface area contributed by atoms with Crippen LogP contribution < -0.4 is 10.1 Å². The van der Waals surface area contributed by atoms with Gasteiger partial charge in [-0.15, -0.1) is 0 Å². The van der Waals surface area contributed by atoms with Gasteiger partial charge in [-0.25, -0.2) is 0 Å². The number of hydrogen-bond acceptors (Lipinski definition) is 3. The standard InChI is InChI=1S/C19H24N2O2/c1-16-8-10-18(11-9-16)23-13-12-21(2)15-19(22)20-14-17-6-4-3-5-7-17/h3-11H,12-15H2,1-2H3,(H,20,22). The quantitative estimate of drug-likeness (QED) is 0.815. The Kier molecular flexibility index (Phi) is 6.63. The second-order valence-corrected chi connectivity index (χ2v) is 5.66. The average Bonchev–Trinajstić information content (AvgIpc) is 2.56. The number of carbonyl (C=O) groups is 1. The van der Waals surface area contributed by atoms with Crippen LogP contribution in [-0.2, 0) is 11.3 Å². The second kappa shape index (κ2) is 8.96. The van der Waals surface area contributed by atoms with Crippen molar-refractivity contribution in [1.29, 1.82) is 0 Å². The Morgan fingerprint density at radius 1 is 1.09 bits per heavy atom. The van der Waals surface area contributed by atoms with Crippen molar-refractivity contribution in [2.24, 2.45) is 0 Å². The molecule has 0 aromatic heterocycles. The Bertz CT molecular complexity index is 597. The summed E-state index contributed by atoms with van der Waals surface area (Å²) < 4.78 is 5.67. The van der Waals surface area contributed by atoms with E-state index in [2.05, 4.69) is 5.32 Å². The van der Waals surface area contributed by atoms with E-state index in [0.717, 1.165) is 11.3 Å². The molecule has 4 nitrogen and oxygen atoms in total. The predicted molar refractivity (Wildman–Crippen MR) is 92.5 cm³/mol. The van der Waals surface area contributed by atoms with Crippen molar-refractivity contribution in [1.82, 2.24) is 10.2 Å². The highest BCUT2D eigenvalue weighted by Crippen LogP contribution is 2.11. The molecule has 1 N–H and O–H groups in total. The van der Waals surface area contributed by atoms with Crippen molar-refractivity contribution in [3.8, 4) is 5.75 Å². The monoisotopic (exact) mass is 312 g/mol. The summed E-state index contributed by atoms with van der Waals surface area (Å²) in [4.78, 5) is 13.9. The molecule has 1 amide bonds. The lowest BCUT2D eigenvalue weighted by Gasteiger charge is -2.16. The first kappa shape index (κ1) is 17.0. The third-order valence-corrected chi connectivity index (χ3v) is 3.51. The van der Waals surface area contributed by atoms with Crippen molar-refractivity contribution in [2.75, 3.05) is 26.7 Å². The maximum Gasteiger partial charge on any atom is 0.234 e. The largest absolute Gasteiger partial charge is 0.492 e. The Labute approximate surface area is 138 Å². The molecule has 0 heterocycles. The van der Waals surface area contributed by atoms with Gasteiger partial charge >= 0.3 is 0 Å². The number of hydrogen-bond donors (Lipinski definition) is 1. The topological polar surface area (TPSA) is 41.6 Å². The molecule has 2 aromatic rings. The maximum atomic E-state index is 11.9. The van der Waals surface area contributed by atoms with Gasteiger partial charge in [-0.05, 0) is 31.7 Å². The fourth-order valence-corrected chi connectivity index (χ4v) is 2.13. The van der Waals surface area contributed by atoms with Crippen LogP contribution in [0, 0.1) is 6.92 Å². The van der Waals surface area contributed by atoms with Crippen LogP contribution in [0.4, 0.5) is 0 Å². The van der Waals surface area contributed by atoms with Crippen LogP contribution in [0.1, 0.15) is 11.1 Å². The van der Waals surface area contributed by atoms with Gasteiger partial charge in [0.15, 0.2) is 0 Å². The van der Waals surface area contributed by atoms with E-state index in [0.29, 0.717) is 26.2 Å². The number of benzene rings is 2. The lowest BCUT2D eigenvalue weighted by Crippen LogP contribution is -2.36. The van der Waals surface area contributed by atoms with E-state index in [1.54, 1.807) is 0 Å². The van der Waals surface area contributed by atoms with Crippen molar-refractivity contribution in [2.45, 2.75) is 13.5 Å². The van der Waals surface area contributed by atoms with E-state index in [1.807, 2.05) is 73.5 Å². The molecular weight excluding hydrogens is 288 g/mol. The minimum absolute atomic E-state index is 0.0201. The van der Waals surface area contributed by atoms with Crippen LogP contribution in [-0.4, -0.2) is 37.6 Å². The SMILES string of the molecule is Cc1ccc(OCCN(C)CC(=O)NCc2ccccc2)cc1. The minimum atomic E-state index is 0.0201. The third kappa shape index (κ3) is 6.53. The molecule has 0 fully saturated rings. The molecule has 0 saturated carbocycles. The lowest BCUT2D eigenvalue weighted by atomic mass is 10.2. The summed E-state index contributed by atoms with van der Waals surface area (Å²) in [6.07, 6.45) is 0. The molecule has 23 heavy (non-hydrogen) atoms. The summed E-state index contributed by atoms with van der Waals surface area (Å²) in [5.41, 5.74) is 2.32. The van der Waals surface area contributed by atoms with Crippen LogP contribution in [0.3, 0.4) is 0 Å². The smallest absolute Gasteiger partial charge is 0.234 e. The van der Waals surface area contributed by atoms with E-state index < -0.39 is 0 Å². The Morgan fingerprint density at radius 3 is 2.48 bits per heavy atom. The molecular formula is C19H24N2O2. The van der Waals surface area contributed by atoms with Gasteiger partial charge in [-0.3, -0.25) is 9.69 Å². The van der Waals surface area contributed by atoms with Crippen molar-refractivity contribution < 1.29 is 9.53 Å². The van der Waals surface area contributed by atoms with E-state index in [1.165, 1.54) is 5.56 Å². The van der Waals surface area contributed by atoms with Gasteiger partial charge in [0.05, 0.1) is 6.54 Å². The van der Waals surface area contributed by atoms with Gasteiger partial charge < -0.3 is 10.1 Å². The van der Waals surface area contributed by atoms with Crippen LogP contribution in [0.2, 0.25) is 0 Å². The van der Waals surface area contributed by atoms with E-state index in [4.69, 9.17) is 4.74 Å². The van der Waals surface area contributed by atoms with Crippen LogP contribution in [0.5, 0.6) is 5.75 Å². The lowest BCUT2D eigenvalue weighted by molar-refractivity contribution is -0.122. The Hall–Kier alpha value is -2.33. The highest BCUT2D eigenvalue weighted by molar-refractivity contribution is 5.77. The zero-order chi connectivity index (χ0) is 16.5. The molecule has 2 aromatic carbocycles. The third-order valence-electron chi connectivity index (χ3n) is 3.51. The molecule has 122 valence electrons. The van der Waals surface area contributed by atoms with Crippen LogP contribution in [0.15, 0.2) is 54.6 Å². The molecule has 2 rings (SSSR count). The zero-order valence-electron chi connectivity index (χ0n) is 13.8. The van der Waals surface area contributed by atoms with Crippen molar-refractivity contribution in [3.63, 3.8) is 0 Å². The molecule has 0 atom stereocenters.